The summed E-state index contributed by atoms with van der Waals surface area (Å²) in [6.07, 6.45) is 0. The van der Waals surface area contributed by atoms with Crippen LogP contribution in [0.5, 0.6) is 17.2 Å². The standard InChI is InChI=1S/C28H25NO3S/c1-2-31-27-18-13-21(19-22(27)20-33-26-11-7-4-8-12-26)28(30)29-23-14-16-25(17-15-23)32-24-9-5-3-6-10-24/h3-19H,2,20H2,1H3,(H,29,30). The van der Waals surface area contributed by atoms with Crippen LogP contribution in [0.2, 0.25) is 0 Å². The van der Waals surface area contributed by atoms with Crippen molar-refractivity contribution in [3.8, 4) is 17.2 Å². The van der Waals surface area contributed by atoms with Gasteiger partial charge in [-0.1, -0.05) is 36.4 Å². The average Bonchev–Trinajstić information content (AvgIpc) is 2.86. The Morgan fingerprint density at radius 1 is 0.818 bits per heavy atom. The van der Waals surface area contributed by atoms with E-state index in [1.165, 1.54) is 4.90 Å². The molecule has 0 aliphatic heterocycles. The summed E-state index contributed by atoms with van der Waals surface area (Å²) in [5.41, 5.74) is 2.28. The van der Waals surface area contributed by atoms with Gasteiger partial charge in [-0.3, -0.25) is 4.79 Å². The third-order valence-corrected chi connectivity index (χ3v) is 5.91. The number of thioether (sulfide) groups is 1. The Morgan fingerprint density at radius 2 is 1.48 bits per heavy atom. The highest BCUT2D eigenvalue weighted by Crippen LogP contribution is 2.29. The van der Waals surface area contributed by atoms with Crippen molar-refractivity contribution in [3.63, 3.8) is 0 Å². The topological polar surface area (TPSA) is 47.6 Å². The quantitative estimate of drug-likeness (QED) is 0.267. The van der Waals surface area contributed by atoms with Gasteiger partial charge in [0.1, 0.15) is 17.2 Å². The van der Waals surface area contributed by atoms with Crippen LogP contribution in [-0.4, -0.2) is 12.5 Å². The fraction of sp³-hybridized carbons (Fsp3) is 0.107. The zero-order chi connectivity index (χ0) is 22.9. The van der Waals surface area contributed by atoms with E-state index in [2.05, 4.69) is 17.4 Å². The van der Waals surface area contributed by atoms with Crippen LogP contribution >= 0.6 is 11.8 Å². The SMILES string of the molecule is CCOc1ccc(C(=O)Nc2ccc(Oc3ccccc3)cc2)cc1CSc1ccccc1. The van der Waals surface area contributed by atoms with E-state index in [4.69, 9.17) is 9.47 Å². The number of hydrogen-bond donors (Lipinski definition) is 1. The third kappa shape index (κ3) is 6.40. The second-order valence-corrected chi connectivity index (χ2v) is 8.30. The maximum absolute atomic E-state index is 12.9. The molecule has 166 valence electrons. The minimum atomic E-state index is -0.166. The number of carbonyl (C=O) groups excluding carboxylic acids is 1. The molecule has 0 spiro atoms. The van der Waals surface area contributed by atoms with Crippen LogP contribution in [0, 0.1) is 0 Å². The van der Waals surface area contributed by atoms with Crippen molar-refractivity contribution in [3.05, 3.63) is 114 Å². The number of ether oxygens (including phenoxy) is 2. The maximum Gasteiger partial charge on any atom is 0.255 e. The number of benzene rings is 4. The normalized spacial score (nSPS) is 10.5. The van der Waals surface area contributed by atoms with Crippen molar-refractivity contribution >= 4 is 23.4 Å². The van der Waals surface area contributed by atoms with E-state index in [1.807, 2.05) is 91.9 Å². The summed E-state index contributed by atoms with van der Waals surface area (Å²) in [4.78, 5) is 14.1. The molecule has 0 aromatic heterocycles. The van der Waals surface area contributed by atoms with Gasteiger partial charge < -0.3 is 14.8 Å². The van der Waals surface area contributed by atoms with Crippen molar-refractivity contribution < 1.29 is 14.3 Å². The molecule has 0 aliphatic carbocycles. The van der Waals surface area contributed by atoms with Gasteiger partial charge in [-0.25, -0.2) is 0 Å². The average molecular weight is 456 g/mol. The summed E-state index contributed by atoms with van der Waals surface area (Å²) in [6.45, 7) is 2.53. The highest BCUT2D eigenvalue weighted by molar-refractivity contribution is 7.98. The molecule has 1 amide bonds. The van der Waals surface area contributed by atoms with Crippen LogP contribution in [0.4, 0.5) is 5.69 Å². The smallest absolute Gasteiger partial charge is 0.255 e. The zero-order valence-electron chi connectivity index (χ0n) is 18.4. The van der Waals surface area contributed by atoms with Crippen molar-refractivity contribution in [2.75, 3.05) is 11.9 Å². The lowest BCUT2D eigenvalue weighted by atomic mass is 10.1. The van der Waals surface area contributed by atoms with Crippen molar-refractivity contribution in [1.29, 1.82) is 0 Å². The molecule has 4 aromatic rings. The second kappa shape index (κ2) is 11.2. The Kier molecular flexibility index (Phi) is 7.67. The fourth-order valence-electron chi connectivity index (χ4n) is 3.24. The van der Waals surface area contributed by atoms with Gasteiger partial charge in [0.05, 0.1) is 6.61 Å². The van der Waals surface area contributed by atoms with Gasteiger partial charge in [0.2, 0.25) is 0 Å². The van der Waals surface area contributed by atoms with E-state index in [0.29, 0.717) is 29.4 Å². The summed E-state index contributed by atoms with van der Waals surface area (Å²) in [7, 11) is 0. The molecule has 0 unspecified atom stereocenters. The minimum absolute atomic E-state index is 0.166. The monoisotopic (exact) mass is 455 g/mol. The van der Waals surface area contributed by atoms with Crippen LogP contribution in [0.1, 0.15) is 22.8 Å². The number of para-hydroxylation sites is 1. The van der Waals surface area contributed by atoms with E-state index >= 15 is 0 Å². The van der Waals surface area contributed by atoms with Gasteiger partial charge in [-0.05, 0) is 73.7 Å². The third-order valence-electron chi connectivity index (χ3n) is 4.85. The number of rotatable bonds is 9. The molecule has 0 saturated carbocycles. The highest BCUT2D eigenvalue weighted by Gasteiger charge is 2.12. The predicted octanol–water partition coefficient (Wildman–Crippen LogP) is 7.42. The highest BCUT2D eigenvalue weighted by atomic mass is 32.2. The molecule has 0 bridgehead atoms. The van der Waals surface area contributed by atoms with E-state index in [9.17, 15) is 4.79 Å². The molecule has 0 fully saturated rings. The lowest BCUT2D eigenvalue weighted by Crippen LogP contribution is -2.12. The first-order chi connectivity index (χ1) is 16.2. The van der Waals surface area contributed by atoms with Crippen LogP contribution in [0.25, 0.3) is 0 Å². The molecule has 4 rings (SSSR count). The van der Waals surface area contributed by atoms with E-state index in [0.717, 1.165) is 17.1 Å². The Bertz CT molecular complexity index is 1180. The molecular weight excluding hydrogens is 430 g/mol. The second-order valence-electron chi connectivity index (χ2n) is 7.25. The molecule has 1 N–H and O–H groups in total. The lowest BCUT2D eigenvalue weighted by molar-refractivity contribution is 0.102. The van der Waals surface area contributed by atoms with Crippen molar-refractivity contribution in [1.82, 2.24) is 0 Å². The summed E-state index contributed by atoms with van der Waals surface area (Å²) in [5, 5.41) is 2.96. The molecule has 0 saturated heterocycles. The Balaban J connectivity index is 1.43. The summed E-state index contributed by atoms with van der Waals surface area (Å²) >= 11 is 1.71. The molecule has 4 nitrogen and oxygen atoms in total. The van der Waals surface area contributed by atoms with Crippen molar-refractivity contribution in [2.45, 2.75) is 17.6 Å². The first-order valence-electron chi connectivity index (χ1n) is 10.8. The summed E-state index contributed by atoms with van der Waals surface area (Å²) in [6, 6.07) is 32.7. The van der Waals surface area contributed by atoms with Crippen LogP contribution in [0.15, 0.2) is 108 Å². The minimum Gasteiger partial charge on any atom is -0.494 e. The summed E-state index contributed by atoms with van der Waals surface area (Å²) in [5.74, 6) is 2.83. The Morgan fingerprint density at radius 3 is 2.18 bits per heavy atom. The molecule has 0 heterocycles. The summed E-state index contributed by atoms with van der Waals surface area (Å²) < 4.78 is 11.6. The van der Waals surface area contributed by atoms with Crippen LogP contribution in [0.3, 0.4) is 0 Å². The molecule has 33 heavy (non-hydrogen) atoms. The van der Waals surface area contributed by atoms with Gasteiger partial charge in [0, 0.05) is 27.5 Å². The molecule has 0 atom stereocenters. The van der Waals surface area contributed by atoms with Gasteiger partial charge >= 0.3 is 0 Å². The molecule has 5 heteroatoms. The Labute approximate surface area is 198 Å². The van der Waals surface area contributed by atoms with Crippen LogP contribution < -0.4 is 14.8 Å². The number of amides is 1. The van der Waals surface area contributed by atoms with Crippen LogP contribution in [-0.2, 0) is 5.75 Å². The zero-order valence-corrected chi connectivity index (χ0v) is 19.2. The molecule has 4 aromatic carbocycles. The molecular formula is C28H25NO3S. The van der Waals surface area contributed by atoms with Gasteiger partial charge in [-0.15, -0.1) is 11.8 Å². The van der Waals surface area contributed by atoms with Gasteiger partial charge in [0.25, 0.3) is 5.91 Å². The maximum atomic E-state index is 12.9. The molecule has 0 aliphatic rings. The lowest BCUT2D eigenvalue weighted by Gasteiger charge is -2.13. The first-order valence-corrected chi connectivity index (χ1v) is 11.8. The van der Waals surface area contributed by atoms with E-state index < -0.39 is 0 Å². The van der Waals surface area contributed by atoms with Gasteiger partial charge in [0.15, 0.2) is 0 Å². The Hall–Kier alpha value is -3.70. The van der Waals surface area contributed by atoms with Gasteiger partial charge in [-0.2, -0.15) is 0 Å². The number of carbonyl (C=O) groups is 1. The number of hydrogen-bond acceptors (Lipinski definition) is 4. The molecule has 0 radical (unpaired) electrons. The van der Waals surface area contributed by atoms with E-state index in [-0.39, 0.29) is 5.91 Å². The number of anilines is 1. The predicted molar refractivity (Wildman–Crippen MR) is 135 cm³/mol. The fourth-order valence-corrected chi connectivity index (χ4v) is 4.14. The first kappa shape index (κ1) is 22.5. The largest absolute Gasteiger partial charge is 0.494 e. The number of nitrogens with one attached hydrogen (secondary N) is 1. The van der Waals surface area contributed by atoms with Crippen molar-refractivity contribution in [2.24, 2.45) is 0 Å². The van der Waals surface area contributed by atoms with E-state index in [1.54, 1.807) is 17.8 Å².